The van der Waals surface area contributed by atoms with Crippen molar-refractivity contribution in [3.05, 3.63) is 30.1 Å². The molecule has 0 amide bonds. The van der Waals surface area contributed by atoms with Crippen molar-refractivity contribution in [3.8, 4) is 0 Å². The van der Waals surface area contributed by atoms with Crippen molar-refractivity contribution in [2.75, 3.05) is 6.54 Å². The molecule has 0 aliphatic carbocycles. The van der Waals surface area contributed by atoms with Gasteiger partial charge in [0.25, 0.3) is 0 Å². The number of rotatable bonds is 4. The molecule has 0 saturated carbocycles. The summed E-state index contributed by atoms with van der Waals surface area (Å²) in [4.78, 5) is 4.17. The quantitative estimate of drug-likeness (QED) is 0.505. The highest BCUT2D eigenvalue weighted by molar-refractivity contribution is 7.96. The van der Waals surface area contributed by atoms with E-state index in [-0.39, 0.29) is 0 Å². The van der Waals surface area contributed by atoms with Crippen molar-refractivity contribution in [2.45, 2.75) is 12.7 Å². The third kappa shape index (κ3) is 3.39. The molecule has 1 radical (unpaired) electrons. The van der Waals surface area contributed by atoms with Gasteiger partial charge in [0.2, 0.25) is 0 Å². The zero-order valence-corrected chi connectivity index (χ0v) is 7.34. The summed E-state index contributed by atoms with van der Waals surface area (Å²) in [6.45, 7) is 2.91. The Bertz CT molecular complexity index is 189. The van der Waals surface area contributed by atoms with Crippen molar-refractivity contribution in [3.63, 3.8) is 0 Å². The van der Waals surface area contributed by atoms with Crippen molar-refractivity contribution < 1.29 is 0 Å². The minimum Gasteiger partial charge on any atom is -0.260 e. The second kappa shape index (κ2) is 5.16. The van der Waals surface area contributed by atoms with E-state index in [1.54, 1.807) is 11.9 Å². The van der Waals surface area contributed by atoms with Gasteiger partial charge in [-0.25, -0.2) is 0 Å². The van der Waals surface area contributed by atoms with Crippen LogP contribution in [0.5, 0.6) is 0 Å². The average Bonchev–Trinajstić information content (AvgIpc) is 2.07. The lowest BCUT2D eigenvalue weighted by Crippen LogP contribution is -1.93. The van der Waals surface area contributed by atoms with Crippen LogP contribution in [-0.2, 0) is 5.75 Å². The number of pyridine rings is 1. The molecule has 0 aliphatic rings. The number of hydrogen-bond donors (Lipinski definition) is 0. The zero-order chi connectivity index (χ0) is 7.94. The van der Waals surface area contributed by atoms with E-state index in [9.17, 15) is 0 Å². The molecule has 0 N–H and O–H groups in total. The highest BCUT2D eigenvalue weighted by Crippen LogP contribution is 2.05. The van der Waals surface area contributed by atoms with E-state index >= 15 is 0 Å². The predicted molar refractivity (Wildman–Crippen MR) is 48.2 cm³/mol. The van der Waals surface area contributed by atoms with Gasteiger partial charge in [0, 0.05) is 12.7 Å². The first kappa shape index (κ1) is 8.56. The van der Waals surface area contributed by atoms with Crippen molar-refractivity contribution in [1.82, 2.24) is 9.71 Å². The molecule has 3 heteroatoms. The highest BCUT2D eigenvalue weighted by atomic mass is 32.2. The van der Waals surface area contributed by atoms with Crippen LogP contribution >= 0.6 is 11.9 Å². The molecule has 0 bridgehead atoms. The molecular formula is C8H11N2S. The Labute approximate surface area is 71.6 Å². The molecule has 0 saturated heterocycles. The third-order valence-corrected chi connectivity index (χ3v) is 2.02. The van der Waals surface area contributed by atoms with Crippen LogP contribution in [-0.4, -0.2) is 11.5 Å². The van der Waals surface area contributed by atoms with Crippen molar-refractivity contribution in [2.24, 2.45) is 0 Å². The summed E-state index contributed by atoms with van der Waals surface area (Å²) < 4.78 is 4.14. The molecule has 0 spiro atoms. The molecule has 59 valence electrons. The molecule has 1 aromatic rings. The average molecular weight is 167 g/mol. The topological polar surface area (TPSA) is 27.0 Å². The second-order valence-electron chi connectivity index (χ2n) is 2.04. The van der Waals surface area contributed by atoms with Gasteiger partial charge < -0.3 is 0 Å². The van der Waals surface area contributed by atoms with Crippen LogP contribution in [0.3, 0.4) is 0 Å². The summed E-state index contributed by atoms with van der Waals surface area (Å²) in [7, 11) is 0. The molecular weight excluding hydrogens is 156 g/mol. The van der Waals surface area contributed by atoms with Crippen molar-refractivity contribution in [1.29, 1.82) is 0 Å². The number of hydrogen-bond acceptors (Lipinski definition) is 2. The van der Waals surface area contributed by atoms with Gasteiger partial charge in [-0.3, -0.25) is 4.98 Å². The summed E-state index contributed by atoms with van der Waals surface area (Å²) in [5.74, 6) is 0.884. The first-order chi connectivity index (χ1) is 5.43. The lowest BCUT2D eigenvalue weighted by atomic mass is 10.4. The fourth-order valence-electron chi connectivity index (χ4n) is 0.687. The van der Waals surface area contributed by atoms with Crippen LogP contribution in [0.25, 0.3) is 0 Å². The minimum absolute atomic E-state index is 0.873. The smallest absolute Gasteiger partial charge is 0.0518 e. The van der Waals surface area contributed by atoms with Crippen LogP contribution in [0.2, 0.25) is 0 Å². The Morgan fingerprint density at radius 3 is 3.09 bits per heavy atom. The molecule has 1 rings (SSSR count). The van der Waals surface area contributed by atoms with Crippen molar-refractivity contribution >= 4 is 11.9 Å². The standard InChI is InChI=1S/C8H11N2S/c1-2-10-11-7-8-5-3-4-6-9-8/h3-6H,2,7H2,1H3. The predicted octanol–water partition coefficient (Wildman–Crippen LogP) is 1.85. The van der Waals surface area contributed by atoms with Gasteiger partial charge in [0.05, 0.1) is 11.4 Å². The van der Waals surface area contributed by atoms with E-state index < -0.39 is 0 Å². The molecule has 0 aromatic carbocycles. The van der Waals surface area contributed by atoms with Crippen LogP contribution in [0.4, 0.5) is 0 Å². The zero-order valence-electron chi connectivity index (χ0n) is 6.53. The molecule has 0 atom stereocenters. The van der Waals surface area contributed by atoms with Gasteiger partial charge in [-0.2, -0.15) is 4.72 Å². The maximum atomic E-state index is 4.17. The first-order valence-electron chi connectivity index (χ1n) is 3.62. The summed E-state index contributed by atoms with van der Waals surface area (Å²) in [5, 5.41) is 0. The third-order valence-electron chi connectivity index (χ3n) is 1.16. The van der Waals surface area contributed by atoms with E-state index in [1.165, 1.54) is 0 Å². The molecule has 1 aromatic heterocycles. The van der Waals surface area contributed by atoms with E-state index in [4.69, 9.17) is 0 Å². The number of nitrogens with zero attached hydrogens (tertiary/aromatic N) is 2. The van der Waals surface area contributed by atoms with Gasteiger partial charge in [-0.15, -0.1) is 0 Å². The maximum Gasteiger partial charge on any atom is 0.0518 e. The Morgan fingerprint density at radius 2 is 2.45 bits per heavy atom. The first-order valence-corrected chi connectivity index (χ1v) is 4.56. The molecule has 0 aliphatic heterocycles. The Kier molecular flexibility index (Phi) is 4.01. The lowest BCUT2D eigenvalue weighted by Gasteiger charge is -1.96. The second-order valence-corrected chi connectivity index (χ2v) is 2.84. The molecule has 1 heterocycles. The van der Waals surface area contributed by atoms with Gasteiger partial charge in [0.1, 0.15) is 0 Å². The summed E-state index contributed by atoms with van der Waals surface area (Å²) in [6, 6.07) is 5.93. The van der Waals surface area contributed by atoms with Crippen LogP contribution in [0.15, 0.2) is 24.4 Å². The minimum atomic E-state index is 0.873. The molecule has 0 unspecified atom stereocenters. The van der Waals surface area contributed by atoms with E-state index in [0.717, 1.165) is 18.0 Å². The Hall–Kier alpha value is -0.540. The number of aromatic nitrogens is 1. The normalized spacial score (nSPS) is 9.91. The summed E-state index contributed by atoms with van der Waals surface area (Å²) >= 11 is 1.57. The van der Waals surface area contributed by atoms with Crippen LogP contribution < -0.4 is 4.72 Å². The maximum absolute atomic E-state index is 4.17. The Morgan fingerprint density at radius 1 is 1.55 bits per heavy atom. The Balaban J connectivity index is 2.28. The van der Waals surface area contributed by atoms with Gasteiger partial charge in [-0.05, 0) is 19.1 Å². The molecule has 0 fully saturated rings. The molecule has 11 heavy (non-hydrogen) atoms. The van der Waals surface area contributed by atoms with E-state index in [1.807, 2.05) is 31.3 Å². The monoisotopic (exact) mass is 167 g/mol. The fraction of sp³-hybridized carbons (Fsp3) is 0.375. The van der Waals surface area contributed by atoms with E-state index in [0.29, 0.717) is 0 Å². The highest BCUT2D eigenvalue weighted by Gasteiger charge is 1.91. The molecule has 2 nitrogen and oxygen atoms in total. The summed E-state index contributed by atoms with van der Waals surface area (Å²) in [6.07, 6.45) is 1.81. The fourth-order valence-corrected chi connectivity index (χ4v) is 1.26. The van der Waals surface area contributed by atoms with Gasteiger partial charge in [-0.1, -0.05) is 18.0 Å². The SMILES string of the molecule is CC[N]SCc1ccccn1. The summed E-state index contributed by atoms with van der Waals surface area (Å²) in [5.41, 5.74) is 1.09. The van der Waals surface area contributed by atoms with Gasteiger partial charge >= 0.3 is 0 Å². The lowest BCUT2D eigenvalue weighted by molar-refractivity contribution is 1.01. The van der Waals surface area contributed by atoms with E-state index in [2.05, 4.69) is 9.71 Å². The van der Waals surface area contributed by atoms with Crippen LogP contribution in [0, 0.1) is 0 Å². The van der Waals surface area contributed by atoms with Gasteiger partial charge in [0.15, 0.2) is 0 Å². The largest absolute Gasteiger partial charge is 0.260 e. The van der Waals surface area contributed by atoms with Crippen LogP contribution in [0.1, 0.15) is 12.6 Å².